The highest BCUT2D eigenvalue weighted by Gasteiger charge is 2.31. The zero-order valence-electron chi connectivity index (χ0n) is 11.1. The van der Waals surface area contributed by atoms with Gasteiger partial charge in [-0.3, -0.25) is 0 Å². The standard InChI is InChI=1S/C13H16F3N3O/c1-7(20)6-19-11-4-3-9(13(14,15)16)5-10(11)18-12(19)8(2)17/h3-5,7-8,20H,6,17H2,1-2H3. The van der Waals surface area contributed by atoms with E-state index in [-0.39, 0.29) is 12.1 Å². The number of imidazole rings is 1. The minimum Gasteiger partial charge on any atom is -0.392 e. The van der Waals surface area contributed by atoms with Crippen molar-refractivity contribution in [3.63, 3.8) is 0 Å². The highest BCUT2D eigenvalue weighted by atomic mass is 19.4. The summed E-state index contributed by atoms with van der Waals surface area (Å²) in [5, 5.41) is 9.50. The Balaban J connectivity index is 2.61. The molecule has 0 bridgehead atoms. The van der Waals surface area contributed by atoms with E-state index in [1.165, 1.54) is 6.07 Å². The summed E-state index contributed by atoms with van der Waals surface area (Å²) in [6.07, 6.45) is -5.05. The molecule has 2 atom stereocenters. The van der Waals surface area contributed by atoms with Gasteiger partial charge in [-0.05, 0) is 32.0 Å². The Hall–Kier alpha value is -1.60. The van der Waals surface area contributed by atoms with Gasteiger partial charge in [0.2, 0.25) is 0 Å². The molecule has 0 spiro atoms. The van der Waals surface area contributed by atoms with Gasteiger partial charge in [-0.2, -0.15) is 13.2 Å². The van der Waals surface area contributed by atoms with Crippen LogP contribution in [-0.4, -0.2) is 20.8 Å². The van der Waals surface area contributed by atoms with E-state index < -0.39 is 23.9 Å². The normalized spacial score (nSPS) is 15.6. The predicted molar refractivity (Wildman–Crippen MR) is 69.0 cm³/mol. The van der Waals surface area contributed by atoms with Gasteiger partial charge in [0.1, 0.15) is 5.82 Å². The van der Waals surface area contributed by atoms with Gasteiger partial charge >= 0.3 is 6.18 Å². The Morgan fingerprint density at radius 3 is 2.50 bits per heavy atom. The molecule has 1 aromatic carbocycles. The summed E-state index contributed by atoms with van der Waals surface area (Å²) in [5.74, 6) is 0.459. The highest BCUT2D eigenvalue weighted by molar-refractivity contribution is 5.77. The monoisotopic (exact) mass is 287 g/mol. The van der Waals surface area contributed by atoms with Gasteiger partial charge < -0.3 is 15.4 Å². The van der Waals surface area contributed by atoms with Crippen LogP contribution in [-0.2, 0) is 12.7 Å². The Morgan fingerprint density at radius 1 is 1.35 bits per heavy atom. The van der Waals surface area contributed by atoms with Gasteiger partial charge in [0.25, 0.3) is 0 Å². The fourth-order valence-electron chi connectivity index (χ4n) is 2.13. The molecule has 0 aliphatic rings. The lowest BCUT2D eigenvalue weighted by Crippen LogP contribution is -2.18. The Kier molecular flexibility index (Phi) is 3.75. The van der Waals surface area contributed by atoms with Crippen LogP contribution in [0.25, 0.3) is 11.0 Å². The quantitative estimate of drug-likeness (QED) is 0.911. The van der Waals surface area contributed by atoms with Gasteiger partial charge in [-0.15, -0.1) is 0 Å². The van der Waals surface area contributed by atoms with E-state index in [1.807, 2.05) is 0 Å². The number of rotatable bonds is 3. The SMILES string of the molecule is CC(O)Cn1c(C(C)N)nc2cc(C(F)(F)F)ccc21. The average molecular weight is 287 g/mol. The van der Waals surface area contributed by atoms with Gasteiger partial charge in [0.05, 0.1) is 35.3 Å². The third-order valence-electron chi connectivity index (χ3n) is 2.96. The van der Waals surface area contributed by atoms with Crippen LogP contribution in [0.3, 0.4) is 0 Å². The van der Waals surface area contributed by atoms with Crippen LogP contribution in [0.4, 0.5) is 13.2 Å². The van der Waals surface area contributed by atoms with Gasteiger partial charge in [0.15, 0.2) is 0 Å². The number of benzene rings is 1. The second kappa shape index (κ2) is 5.06. The molecule has 2 unspecified atom stereocenters. The number of aromatic nitrogens is 2. The van der Waals surface area contributed by atoms with Crippen LogP contribution >= 0.6 is 0 Å². The highest BCUT2D eigenvalue weighted by Crippen LogP contribution is 2.32. The first-order chi connectivity index (χ1) is 9.20. The third-order valence-corrected chi connectivity index (χ3v) is 2.96. The van der Waals surface area contributed by atoms with E-state index in [0.717, 1.165) is 12.1 Å². The molecule has 0 amide bonds. The van der Waals surface area contributed by atoms with Crippen LogP contribution in [0.5, 0.6) is 0 Å². The molecule has 0 aliphatic heterocycles. The maximum absolute atomic E-state index is 12.7. The fourth-order valence-corrected chi connectivity index (χ4v) is 2.13. The summed E-state index contributed by atoms with van der Waals surface area (Å²) in [7, 11) is 0. The number of hydrogen-bond donors (Lipinski definition) is 2. The maximum Gasteiger partial charge on any atom is 0.416 e. The summed E-state index contributed by atoms with van der Waals surface area (Å²) in [5.41, 5.74) is 5.81. The summed E-state index contributed by atoms with van der Waals surface area (Å²) < 4.78 is 39.7. The van der Waals surface area contributed by atoms with E-state index in [0.29, 0.717) is 11.3 Å². The summed E-state index contributed by atoms with van der Waals surface area (Å²) >= 11 is 0. The third kappa shape index (κ3) is 2.78. The number of hydrogen-bond acceptors (Lipinski definition) is 3. The molecule has 2 aromatic rings. The van der Waals surface area contributed by atoms with Crippen molar-refractivity contribution in [1.29, 1.82) is 0 Å². The molecule has 1 aromatic heterocycles. The minimum atomic E-state index is -4.41. The molecule has 0 aliphatic carbocycles. The van der Waals surface area contributed by atoms with Crippen molar-refractivity contribution in [2.24, 2.45) is 5.73 Å². The number of fused-ring (bicyclic) bond motifs is 1. The Labute approximate surface area is 114 Å². The van der Waals surface area contributed by atoms with Crippen molar-refractivity contribution < 1.29 is 18.3 Å². The number of nitrogens with two attached hydrogens (primary N) is 1. The van der Waals surface area contributed by atoms with Gasteiger partial charge in [-0.25, -0.2) is 4.98 Å². The van der Waals surface area contributed by atoms with Crippen molar-refractivity contribution >= 4 is 11.0 Å². The minimum absolute atomic E-state index is 0.229. The lowest BCUT2D eigenvalue weighted by atomic mass is 10.2. The fraction of sp³-hybridized carbons (Fsp3) is 0.462. The zero-order valence-corrected chi connectivity index (χ0v) is 11.1. The first kappa shape index (κ1) is 14.8. The van der Waals surface area contributed by atoms with Crippen LogP contribution < -0.4 is 5.73 Å². The first-order valence-electron chi connectivity index (χ1n) is 6.21. The van der Waals surface area contributed by atoms with Crippen LogP contribution in [0.15, 0.2) is 18.2 Å². The van der Waals surface area contributed by atoms with Crippen molar-refractivity contribution in [3.05, 3.63) is 29.6 Å². The van der Waals surface area contributed by atoms with Gasteiger partial charge in [-0.1, -0.05) is 0 Å². The number of alkyl halides is 3. The van der Waals surface area contributed by atoms with E-state index in [9.17, 15) is 18.3 Å². The molecule has 7 heteroatoms. The second-order valence-corrected chi connectivity index (χ2v) is 4.92. The molecule has 110 valence electrons. The van der Waals surface area contributed by atoms with E-state index in [1.54, 1.807) is 18.4 Å². The second-order valence-electron chi connectivity index (χ2n) is 4.92. The molecule has 1 heterocycles. The van der Waals surface area contributed by atoms with E-state index >= 15 is 0 Å². The van der Waals surface area contributed by atoms with E-state index in [2.05, 4.69) is 4.98 Å². The summed E-state index contributed by atoms with van der Waals surface area (Å²) in [4.78, 5) is 4.17. The van der Waals surface area contributed by atoms with Crippen molar-refractivity contribution in [1.82, 2.24) is 9.55 Å². The lowest BCUT2D eigenvalue weighted by molar-refractivity contribution is -0.137. The molecule has 0 saturated carbocycles. The number of aliphatic hydroxyl groups excluding tert-OH is 1. The first-order valence-corrected chi connectivity index (χ1v) is 6.21. The summed E-state index contributed by atoms with van der Waals surface area (Å²) in [6.45, 7) is 3.53. The number of halogens is 3. The molecule has 3 N–H and O–H groups in total. The van der Waals surface area contributed by atoms with Crippen LogP contribution in [0.2, 0.25) is 0 Å². The molecule has 20 heavy (non-hydrogen) atoms. The summed E-state index contributed by atoms with van der Waals surface area (Å²) in [6, 6.07) is 2.93. The van der Waals surface area contributed by atoms with Crippen LogP contribution in [0, 0.1) is 0 Å². The zero-order chi connectivity index (χ0) is 15.1. The molecular formula is C13H16F3N3O. The Bertz CT molecular complexity index is 617. The van der Waals surface area contributed by atoms with E-state index in [4.69, 9.17) is 5.73 Å². The van der Waals surface area contributed by atoms with Crippen molar-refractivity contribution in [2.75, 3.05) is 0 Å². The number of aliphatic hydroxyl groups is 1. The predicted octanol–water partition coefficient (Wildman–Crippen LogP) is 2.46. The Morgan fingerprint density at radius 2 is 2.00 bits per heavy atom. The van der Waals surface area contributed by atoms with Crippen molar-refractivity contribution in [2.45, 2.75) is 38.7 Å². The smallest absolute Gasteiger partial charge is 0.392 e. The molecule has 4 nitrogen and oxygen atoms in total. The average Bonchev–Trinajstić information content (AvgIpc) is 2.65. The molecule has 0 radical (unpaired) electrons. The molecule has 0 saturated heterocycles. The molecular weight excluding hydrogens is 271 g/mol. The van der Waals surface area contributed by atoms with Crippen LogP contribution in [0.1, 0.15) is 31.3 Å². The molecule has 2 rings (SSSR count). The van der Waals surface area contributed by atoms with Crippen molar-refractivity contribution in [3.8, 4) is 0 Å². The largest absolute Gasteiger partial charge is 0.416 e. The molecule has 0 fully saturated rings. The van der Waals surface area contributed by atoms with Gasteiger partial charge in [0, 0.05) is 0 Å². The lowest BCUT2D eigenvalue weighted by Gasteiger charge is -2.13. The number of nitrogens with zero attached hydrogens (tertiary/aromatic N) is 2. The maximum atomic E-state index is 12.7. The topological polar surface area (TPSA) is 64.1 Å².